The van der Waals surface area contributed by atoms with Crippen LogP contribution in [0.1, 0.15) is 18.4 Å². The van der Waals surface area contributed by atoms with Crippen LogP contribution in [0.25, 0.3) is 10.9 Å². The molecule has 3 aliphatic heterocycles. The summed E-state index contributed by atoms with van der Waals surface area (Å²) < 4.78 is 30.7. The summed E-state index contributed by atoms with van der Waals surface area (Å²) in [5.74, 6) is 6.54. The predicted molar refractivity (Wildman–Crippen MR) is 158 cm³/mol. The average Bonchev–Trinajstić information content (AvgIpc) is 3.42. The van der Waals surface area contributed by atoms with Gasteiger partial charge in [-0.25, -0.2) is 14.4 Å². The highest BCUT2D eigenvalue weighted by Gasteiger charge is 2.35. The average molecular weight is 592 g/mol. The molecule has 3 aliphatic rings. The van der Waals surface area contributed by atoms with Gasteiger partial charge in [-0.15, -0.1) is 0 Å². The largest absolute Gasteiger partial charge is 0.381 e. The van der Waals surface area contributed by atoms with Crippen molar-refractivity contribution >= 4 is 45.6 Å². The molecule has 1 amide bonds. The Morgan fingerprint density at radius 1 is 1.10 bits per heavy atom. The van der Waals surface area contributed by atoms with E-state index >= 15 is 0 Å². The standard InChI is InChI=1S/C31H31ClFN5O4/c32-24-15-22(5-6-25(24)33)36-31-23-16-26(21(14-27(23)34-19-35-31)4-3-20-7-10-40-11-8-20)37-30(39)2-1-9-38-17-28-29(18-38)42-13-12-41-28/h1-2,5-6,14-16,19-20,28-29H,7-13,17-18H2,(H,37,39)(H,34,35,36)/b2-1+. The molecule has 3 aromatic rings. The lowest BCUT2D eigenvalue weighted by Gasteiger charge is -2.24. The van der Waals surface area contributed by atoms with Gasteiger partial charge in [-0.1, -0.05) is 29.5 Å². The first kappa shape index (κ1) is 28.5. The smallest absolute Gasteiger partial charge is 0.248 e. The van der Waals surface area contributed by atoms with Crippen molar-refractivity contribution in [1.82, 2.24) is 14.9 Å². The van der Waals surface area contributed by atoms with Crippen LogP contribution in [0.15, 0.2) is 48.8 Å². The quantitative estimate of drug-likeness (QED) is 0.319. The summed E-state index contributed by atoms with van der Waals surface area (Å²) in [7, 11) is 0. The minimum atomic E-state index is -0.509. The molecule has 2 unspecified atom stereocenters. The third kappa shape index (κ3) is 6.89. The summed E-state index contributed by atoms with van der Waals surface area (Å²) in [4.78, 5) is 24.1. The summed E-state index contributed by atoms with van der Waals surface area (Å²) in [5.41, 5.74) is 2.41. The maximum atomic E-state index is 13.7. The second-order valence-corrected chi connectivity index (χ2v) is 10.9. The molecule has 1 aromatic heterocycles. The summed E-state index contributed by atoms with van der Waals surface area (Å²) in [6, 6.07) is 8.00. The number of halogens is 2. The molecule has 2 aromatic carbocycles. The summed E-state index contributed by atoms with van der Waals surface area (Å²) in [6.45, 7) is 4.81. The van der Waals surface area contributed by atoms with Gasteiger partial charge in [0.1, 0.15) is 18.0 Å². The highest BCUT2D eigenvalue weighted by molar-refractivity contribution is 6.31. The number of hydrogen-bond donors (Lipinski definition) is 2. The number of nitrogens with zero attached hydrogens (tertiary/aromatic N) is 3. The monoisotopic (exact) mass is 591 g/mol. The van der Waals surface area contributed by atoms with Gasteiger partial charge >= 0.3 is 0 Å². The van der Waals surface area contributed by atoms with Crippen molar-refractivity contribution in [2.75, 3.05) is 56.7 Å². The Bertz CT molecular complexity index is 1540. The molecule has 0 radical (unpaired) electrons. The lowest BCUT2D eigenvalue weighted by molar-refractivity contribution is -0.116. The van der Waals surface area contributed by atoms with Crippen molar-refractivity contribution in [3.05, 3.63) is 65.2 Å². The van der Waals surface area contributed by atoms with Gasteiger partial charge in [-0.2, -0.15) is 0 Å². The Kier molecular flexibility index (Phi) is 8.93. The first-order chi connectivity index (χ1) is 20.5. The Morgan fingerprint density at radius 2 is 1.88 bits per heavy atom. The van der Waals surface area contributed by atoms with E-state index in [1.807, 2.05) is 18.2 Å². The fraction of sp³-hybridized carbons (Fsp3) is 0.387. The first-order valence-corrected chi connectivity index (χ1v) is 14.4. The number of nitrogens with one attached hydrogen (secondary N) is 2. The zero-order valence-corrected chi connectivity index (χ0v) is 23.7. The SMILES string of the molecule is O=C(/C=C/CN1CC2OCCOC2C1)Nc1cc2c(Nc3ccc(F)c(Cl)c3)ncnc2cc1C#CC1CCOCC1. The number of ether oxygens (including phenoxy) is 3. The van der Waals surface area contributed by atoms with E-state index in [1.165, 1.54) is 24.5 Å². The second kappa shape index (κ2) is 13.2. The molecule has 4 heterocycles. The number of fused-ring (bicyclic) bond motifs is 2. The van der Waals surface area contributed by atoms with Crippen LogP contribution >= 0.6 is 11.6 Å². The third-order valence-electron chi connectivity index (χ3n) is 7.52. The number of likely N-dealkylation sites (tertiary alicyclic amines) is 1. The number of carbonyl (C=O) groups is 1. The fourth-order valence-electron chi connectivity index (χ4n) is 5.31. The van der Waals surface area contributed by atoms with Crippen LogP contribution in [0, 0.1) is 23.6 Å². The number of carbonyl (C=O) groups excluding carboxylic acids is 1. The molecular weight excluding hydrogens is 561 g/mol. The highest BCUT2D eigenvalue weighted by atomic mass is 35.5. The number of benzene rings is 2. The van der Waals surface area contributed by atoms with E-state index < -0.39 is 5.82 Å². The molecule has 0 spiro atoms. The van der Waals surface area contributed by atoms with Gasteiger partial charge in [0.15, 0.2) is 0 Å². The molecular formula is C31H31ClFN5O4. The van der Waals surface area contributed by atoms with Crippen molar-refractivity contribution in [2.45, 2.75) is 25.0 Å². The summed E-state index contributed by atoms with van der Waals surface area (Å²) >= 11 is 5.98. The Hall–Kier alpha value is -3.59. The highest BCUT2D eigenvalue weighted by Crippen LogP contribution is 2.30. The molecule has 2 N–H and O–H groups in total. The zero-order chi connectivity index (χ0) is 28.9. The van der Waals surface area contributed by atoms with Gasteiger partial charge in [-0.05, 0) is 43.2 Å². The van der Waals surface area contributed by atoms with E-state index in [-0.39, 0.29) is 29.1 Å². The minimum Gasteiger partial charge on any atom is -0.381 e. The second-order valence-electron chi connectivity index (χ2n) is 10.5. The molecule has 6 rings (SSSR count). The molecule has 3 fully saturated rings. The van der Waals surface area contributed by atoms with Gasteiger partial charge in [0.2, 0.25) is 5.91 Å². The molecule has 0 bridgehead atoms. The molecule has 0 aliphatic carbocycles. The van der Waals surface area contributed by atoms with Crippen molar-refractivity contribution in [1.29, 1.82) is 0 Å². The number of hydrogen-bond acceptors (Lipinski definition) is 8. The predicted octanol–water partition coefficient (Wildman–Crippen LogP) is 4.54. The summed E-state index contributed by atoms with van der Waals surface area (Å²) in [6.07, 6.45) is 6.74. The topological polar surface area (TPSA) is 97.8 Å². The normalized spacial score (nSPS) is 21.2. The molecule has 218 valence electrons. The molecule has 42 heavy (non-hydrogen) atoms. The van der Waals surface area contributed by atoms with E-state index in [0.717, 1.165) is 25.9 Å². The Morgan fingerprint density at radius 3 is 2.64 bits per heavy atom. The third-order valence-corrected chi connectivity index (χ3v) is 7.81. The van der Waals surface area contributed by atoms with E-state index in [2.05, 4.69) is 37.3 Å². The number of amides is 1. The van der Waals surface area contributed by atoms with Gasteiger partial charge in [0, 0.05) is 55.9 Å². The van der Waals surface area contributed by atoms with E-state index in [9.17, 15) is 9.18 Å². The zero-order valence-electron chi connectivity index (χ0n) is 22.9. The molecule has 0 saturated carbocycles. The first-order valence-electron chi connectivity index (χ1n) is 14.0. The summed E-state index contributed by atoms with van der Waals surface area (Å²) in [5, 5.41) is 6.84. The van der Waals surface area contributed by atoms with Crippen LogP contribution < -0.4 is 10.6 Å². The lowest BCUT2D eigenvalue weighted by atomic mass is 10.00. The number of rotatable bonds is 6. The van der Waals surface area contributed by atoms with E-state index in [0.29, 0.717) is 66.6 Å². The minimum absolute atomic E-state index is 0.00322. The van der Waals surface area contributed by atoms with E-state index in [1.54, 1.807) is 6.07 Å². The maximum Gasteiger partial charge on any atom is 0.248 e. The molecule has 9 nitrogen and oxygen atoms in total. The van der Waals surface area contributed by atoms with Crippen molar-refractivity contribution in [3.8, 4) is 11.8 Å². The fourth-order valence-corrected chi connectivity index (χ4v) is 5.49. The van der Waals surface area contributed by atoms with Gasteiger partial charge < -0.3 is 24.8 Å². The Balaban J connectivity index is 1.24. The van der Waals surface area contributed by atoms with Crippen LogP contribution in [0.4, 0.5) is 21.6 Å². The van der Waals surface area contributed by atoms with Crippen molar-refractivity contribution < 1.29 is 23.4 Å². The lowest BCUT2D eigenvalue weighted by Crippen LogP contribution is -2.36. The van der Waals surface area contributed by atoms with Crippen molar-refractivity contribution in [3.63, 3.8) is 0 Å². The maximum absolute atomic E-state index is 13.7. The number of aromatic nitrogens is 2. The van der Waals surface area contributed by atoms with Crippen LogP contribution in [0.3, 0.4) is 0 Å². The van der Waals surface area contributed by atoms with E-state index in [4.69, 9.17) is 25.8 Å². The van der Waals surface area contributed by atoms with Gasteiger partial charge in [-0.3, -0.25) is 9.69 Å². The van der Waals surface area contributed by atoms with Gasteiger partial charge in [0.25, 0.3) is 0 Å². The Labute approximate surface area is 248 Å². The molecule has 3 saturated heterocycles. The molecule has 11 heteroatoms. The van der Waals surface area contributed by atoms with Crippen LogP contribution in [-0.2, 0) is 19.0 Å². The number of anilines is 3. The van der Waals surface area contributed by atoms with Crippen LogP contribution in [0.2, 0.25) is 5.02 Å². The molecule has 2 atom stereocenters. The van der Waals surface area contributed by atoms with Crippen LogP contribution in [-0.4, -0.2) is 79.0 Å². The van der Waals surface area contributed by atoms with Gasteiger partial charge in [0.05, 0.1) is 47.2 Å². The van der Waals surface area contributed by atoms with Crippen LogP contribution in [0.5, 0.6) is 0 Å². The van der Waals surface area contributed by atoms with Crippen molar-refractivity contribution in [2.24, 2.45) is 5.92 Å².